The molecule has 1 aromatic rings. The lowest BCUT2D eigenvalue weighted by molar-refractivity contribution is -0.383. The van der Waals surface area contributed by atoms with Crippen LogP contribution in [-0.2, 0) is 0 Å². The Labute approximate surface area is 91.4 Å². The van der Waals surface area contributed by atoms with Crippen molar-refractivity contribution in [3.05, 3.63) is 33.3 Å². The first-order valence-electron chi connectivity index (χ1n) is 4.54. The van der Waals surface area contributed by atoms with Crippen molar-refractivity contribution in [3.8, 4) is 0 Å². The molecule has 1 aromatic carbocycles. The summed E-state index contributed by atoms with van der Waals surface area (Å²) in [4.78, 5) is 10.3. The first-order chi connectivity index (χ1) is 7.09. The highest BCUT2D eigenvalue weighted by atomic mass is 35.5. The summed E-state index contributed by atoms with van der Waals surface area (Å²) in [5.74, 6) is 0. The Morgan fingerprint density at radius 1 is 1.60 bits per heavy atom. The van der Waals surface area contributed by atoms with E-state index in [1.165, 1.54) is 6.07 Å². The molecule has 2 unspecified atom stereocenters. The molecule has 0 bridgehead atoms. The Morgan fingerprint density at radius 2 is 2.27 bits per heavy atom. The van der Waals surface area contributed by atoms with E-state index in [1.807, 2.05) is 0 Å². The number of benzene rings is 1. The van der Waals surface area contributed by atoms with E-state index in [0.717, 1.165) is 6.42 Å². The number of rotatable bonds is 3. The van der Waals surface area contributed by atoms with Crippen LogP contribution in [0.25, 0.3) is 0 Å². The van der Waals surface area contributed by atoms with Gasteiger partial charge in [-0.3, -0.25) is 10.1 Å². The number of para-hydroxylation sites is 1. The first-order valence-corrected chi connectivity index (χ1v) is 4.92. The Balaban J connectivity index is 2.29. The van der Waals surface area contributed by atoms with E-state index in [4.69, 9.17) is 17.3 Å². The maximum Gasteiger partial charge on any atom is 0.310 e. The van der Waals surface area contributed by atoms with Gasteiger partial charge in [-0.1, -0.05) is 17.7 Å². The summed E-state index contributed by atoms with van der Waals surface area (Å²) >= 11 is 5.75. The average Bonchev–Trinajstić information content (AvgIpc) is 2.81. The van der Waals surface area contributed by atoms with Crippen LogP contribution in [0.1, 0.15) is 6.42 Å². The minimum absolute atomic E-state index is 0.0849. The van der Waals surface area contributed by atoms with Gasteiger partial charge in [0.1, 0.15) is 10.7 Å². The lowest BCUT2D eigenvalue weighted by Crippen LogP contribution is -2.14. The first kappa shape index (κ1) is 10.2. The van der Waals surface area contributed by atoms with Gasteiger partial charge in [0.05, 0.1) is 4.92 Å². The molecule has 2 rings (SSSR count). The summed E-state index contributed by atoms with van der Waals surface area (Å²) in [5.41, 5.74) is 5.96. The van der Waals surface area contributed by atoms with Gasteiger partial charge in [-0.2, -0.15) is 0 Å². The maximum absolute atomic E-state index is 10.8. The third-order valence-electron chi connectivity index (χ3n) is 2.35. The zero-order valence-corrected chi connectivity index (χ0v) is 8.57. The standard InChI is InChI=1S/C9H10ClN3O2/c10-5-2-1-3-7(9(5)13(14)15)12-8-4-6(8)11/h1-3,6,8,12H,4,11H2. The molecule has 1 saturated carbocycles. The Hall–Kier alpha value is -1.33. The average molecular weight is 228 g/mol. The molecular weight excluding hydrogens is 218 g/mol. The fourth-order valence-corrected chi connectivity index (χ4v) is 1.64. The molecule has 15 heavy (non-hydrogen) atoms. The molecule has 1 aliphatic rings. The second kappa shape index (κ2) is 3.67. The van der Waals surface area contributed by atoms with Crippen molar-refractivity contribution in [2.24, 2.45) is 5.73 Å². The fourth-order valence-electron chi connectivity index (χ4n) is 1.40. The van der Waals surface area contributed by atoms with Crippen LogP contribution in [0.15, 0.2) is 18.2 Å². The number of nitrogens with zero attached hydrogens (tertiary/aromatic N) is 1. The molecule has 0 aliphatic heterocycles. The Bertz CT molecular complexity index is 410. The molecule has 3 N–H and O–H groups in total. The van der Waals surface area contributed by atoms with Gasteiger partial charge in [-0.25, -0.2) is 0 Å². The van der Waals surface area contributed by atoms with E-state index in [-0.39, 0.29) is 22.8 Å². The summed E-state index contributed by atoms with van der Waals surface area (Å²) in [6.07, 6.45) is 0.837. The smallest absolute Gasteiger partial charge is 0.310 e. The third-order valence-corrected chi connectivity index (χ3v) is 2.66. The number of halogens is 1. The predicted molar refractivity (Wildman–Crippen MR) is 58.1 cm³/mol. The molecule has 0 radical (unpaired) electrons. The van der Waals surface area contributed by atoms with Crippen LogP contribution in [0.2, 0.25) is 5.02 Å². The van der Waals surface area contributed by atoms with Gasteiger partial charge in [0.25, 0.3) is 0 Å². The number of nitro benzene ring substituents is 1. The highest BCUT2D eigenvalue weighted by Gasteiger charge is 2.35. The van der Waals surface area contributed by atoms with E-state index >= 15 is 0 Å². The topological polar surface area (TPSA) is 81.2 Å². The Kier molecular flexibility index (Phi) is 2.50. The minimum Gasteiger partial charge on any atom is -0.375 e. The van der Waals surface area contributed by atoms with Crippen LogP contribution >= 0.6 is 11.6 Å². The molecule has 80 valence electrons. The zero-order chi connectivity index (χ0) is 11.0. The number of nitrogens with two attached hydrogens (primary N) is 1. The SMILES string of the molecule is NC1CC1Nc1cccc(Cl)c1[N+](=O)[O-]. The molecular formula is C9H10ClN3O2. The molecule has 0 amide bonds. The Morgan fingerprint density at radius 3 is 2.80 bits per heavy atom. The second-order valence-corrected chi connectivity index (χ2v) is 3.95. The van der Waals surface area contributed by atoms with E-state index in [0.29, 0.717) is 5.69 Å². The molecule has 6 heteroatoms. The number of anilines is 1. The number of nitro groups is 1. The summed E-state index contributed by atoms with van der Waals surface area (Å²) in [6, 6.07) is 5.02. The number of hydrogen-bond acceptors (Lipinski definition) is 4. The quantitative estimate of drug-likeness (QED) is 0.609. The summed E-state index contributed by atoms with van der Waals surface area (Å²) < 4.78 is 0. The lowest BCUT2D eigenvalue weighted by Gasteiger charge is -2.06. The van der Waals surface area contributed by atoms with E-state index in [2.05, 4.69) is 5.32 Å². The van der Waals surface area contributed by atoms with Crippen molar-refractivity contribution in [1.82, 2.24) is 0 Å². The number of nitrogens with one attached hydrogen (secondary N) is 1. The van der Waals surface area contributed by atoms with Crippen LogP contribution in [0.3, 0.4) is 0 Å². The minimum atomic E-state index is -0.488. The molecule has 0 aromatic heterocycles. The van der Waals surface area contributed by atoms with Crippen LogP contribution in [0.5, 0.6) is 0 Å². The van der Waals surface area contributed by atoms with E-state index in [1.54, 1.807) is 12.1 Å². The molecule has 1 aliphatic carbocycles. The van der Waals surface area contributed by atoms with Crippen LogP contribution < -0.4 is 11.1 Å². The zero-order valence-electron chi connectivity index (χ0n) is 7.81. The molecule has 5 nitrogen and oxygen atoms in total. The van der Waals surface area contributed by atoms with Crippen molar-refractivity contribution in [2.75, 3.05) is 5.32 Å². The predicted octanol–water partition coefficient (Wildman–Crippen LogP) is 1.76. The highest BCUT2D eigenvalue weighted by Crippen LogP contribution is 2.35. The van der Waals surface area contributed by atoms with Crippen molar-refractivity contribution in [2.45, 2.75) is 18.5 Å². The molecule has 0 heterocycles. The molecule has 2 atom stereocenters. The van der Waals surface area contributed by atoms with Gasteiger partial charge >= 0.3 is 5.69 Å². The van der Waals surface area contributed by atoms with E-state index in [9.17, 15) is 10.1 Å². The monoisotopic (exact) mass is 227 g/mol. The molecule has 0 spiro atoms. The van der Waals surface area contributed by atoms with E-state index < -0.39 is 4.92 Å². The van der Waals surface area contributed by atoms with Crippen LogP contribution in [0, 0.1) is 10.1 Å². The van der Waals surface area contributed by atoms with Gasteiger partial charge < -0.3 is 11.1 Å². The summed E-state index contributed by atoms with van der Waals surface area (Å²) in [7, 11) is 0. The fraction of sp³-hybridized carbons (Fsp3) is 0.333. The van der Waals surface area contributed by atoms with Gasteiger partial charge in [-0.15, -0.1) is 0 Å². The lowest BCUT2D eigenvalue weighted by atomic mass is 10.2. The molecule has 1 fully saturated rings. The van der Waals surface area contributed by atoms with Gasteiger partial charge in [0.15, 0.2) is 0 Å². The van der Waals surface area contributed by atoms with Crippen molar-refractivity contribution < 1.29 is 4.92 Å². The third kappa shape index (κ3) is 2.03. The summed E-state index contributed by atoms with van der Waals surface area (Å²) in [5, 5.41) is 13.9. The van der Waals surface area contributed by atoms with Crippen LogP contribution in [0.4, 0.5) is 11.4 Å². The van der Waals surface area contributed by atoms with Crippen LogP contribution in [-0.4, -0.2) is 17.0 Å². The normalized spacial score (nSPS) is 23.6. The second-order valence-electron chi connectivity index (χ2n) is 3.54. The highest BCUT2D eigenvalue weighted by molar-refractivity contribution is 6.33. The maximum atomic E-state index is 10.8. The number of hydrogen-bond donors (Lipinski definition) is 2. The van der Waals surface area contributed by atoms with Crippen molar-refractivity contribution >= 4 is 23.0 Å². The summed E-state index contributed by atoms with van der Waals surface area (Å²) in [6.45, 7) is 0. The van der Waals surface area contributed by atoms with Gasteiger partial charge in [-0.05, 0) is 18.6 Å². The van der Waals surface area contributed by atoms with Crippen molar-refractivity contribution in [3.63, 3.8) is 0 Å². The van der Waals surface area contributed by atoms with Crippen molar-refractivity contribution in [1.29, 1.82) is 0 Å². The molecule has 0 saturated heterocycles. The largest absolute Gasteiger partial charge is 0.375 e. The van der Waals surface area contributed by atoms with Gasteiger partial charge in [0, 0.05) is 12.1 Å². The van der Waals surface area contributed by atoms with Gasteiger partial charge in [0.2, 0.25) is 0 Å².